The predicted molar refractivity (Wildman–Crippen MR) is 117 cm³/mol. The van der Waals surface area contributed by atoms with Gasteiger partial charge in [-0.3, -0.25) is 20.4 Å². The van der Waals surface area contributed by atoms with Crippen LogP contribution < -0.4 is 10.9 Å². The Morgan fingerprint density at radius 2 is 1.53 bits per heavy atom. The monoisotopic (exact) mass is 481 g/mol. The molecule has 1 aromatic carbocycles. The average molecular weight is 482 g/mol. The van der Waals surface area contributed by atoms with E-state index in [1.54, 1.807) is 0 Å². The van der Waals surface area contributed by atoms with Crippen molar-refractivity contribution in [3.63, 3.8) is 0 Å². The van der Waals surface area contributed by atoms with Gasteiger partial charge in [-0.2, -0.15) is 4.31 Å². The van der Waals surface area contributed by atoms with Gasteiger partial charge in [-0.1, -0.05) is 11.6 Å². The molecule has 0 spiro atoms. The zero-order chi connectivity index (χ0) is 22.7. The average Bonchev–Trinajstić information content (AvgIpc) is 3.14. The van der Waals surface area contributed by atoms with Gasteiger partial charge in [0.05, 0.1) is 16.4 Å². The molecule has 8 nitrogen and oxygen atoms in total. The summed E-state index contributed by atoms with van der Waals surface area (Å²) in [5.74, 6) is 0.959. The molecule has 3 N–H and O–H groups in total. The number of aliphatic hydroxyl groups is 1. The van der Waals surface area contributed by atoms with Crippen LogP contribution in [0.1, 0.15) is 44.9 Å². The Bertz CT molecular complexity index is 993. The molecule has 4 bridgehead atoms. The molecule has 2 amide bonds. The Morgan fingerprint density at radius 1 is 0.969 bits per heavy atom. The van der Waals surface area contributed by atoms with Crippen LogP contribution in [0.15, 0.2) is 29.2 Å². The Morgan fingerprint density at radius 3 is 2.09 bits per heavy atom. The molecule has 4 saturated carbocycles. The first-order chi connectivity index (χ1) is 15.2. The Hall–Kier alpha value is -1.68. The van der Waals surface area contributed by atoms with Gasteiger partial charge < -0.3 is 5.11 Å². The maximum Gasteiger partial charge on any atom is 0.256 e. The van der Waals surface area contributed by atoms with Gasteiger partial charge in [0.15, 0.2) is 0 Å². The normalized spacial score (nSPS) is 36.2. The Balaban J connectivity index is 1.27. The van der Waals surface area contributed by atoms with Crippen molar-refractivity contribution >= 4 is 33.4 Å². The van der Waals surface area contributed by atoms with E-state index >= 15 is 0 Å². The number of halogens is 1. The van der Waals surface area contributed by atoms with Crippen LogP contribution in [0.3, 0.4) is 0 Å². The molecule has 2 unspecified atom stereocenters. The van der Waals surface area contributed by atoms with Crippen molar-refractivity contribution in [3.05, 3.63) is 29.3 Å². The lowest BCUT2D eigenvalue weighted by Crippen LogP contribution is -2.58. The first kappa shape index (κ1) is 22.1. The third kappa shape index (κ3) is 3.83. The number of amides is 2. The van der Waals surface area contributed by atoms with E-state index in [4.69, 9.17) is 11.6 Å². The molecule has 32 heavy (non-hydrogen) atoms. The summed E-state index contributed by atoms with van der Waals surface area (Å²) < 4.78 is 27.1. The second kappa shape index (κ2) is 7.97. The van der Waals surface area contributed by atoms with Gasteiger partial charge in [0.1, 0.15) is 6.04 Å². The van der Waals surface area contributed by atoms with E-state index in [9.17, 15) is 23.1 Å². The number of hydrogen-bond acceptors (Lipinski definition) is 5. The van der Waals surface area contributed by atoms with Crippen molar-refractivity contribution in [3.8, 4) is 0 Å². The fraction of sp³-hybridized carbons (Fsp3) is 0.636. The van der Waals surface area contributed by atoms with Crippen molar-refractivity contribution in [1.29, 1.82) is 0 Å². The number of sulfonamides is 1. The van der Waals surface area contributed by atoms with E-state index in [0.717, 1.165) is 23.6 Å². The molecule has 1 heterocycles. The smallest absolute Gasteiger partial charge is 0.256 e. The van der Waals surface area contributed by atoms with Gasteiger partial charge in [-0.25, -0.2) is 8.42 Å². The van der Waals surface area contributed by atoms with Crippen molar-refractivity contribution in [1.82, 2.24) is 15.2 Å². The van der Waals surface area contributed by atoms with Gasteiger partial charge in [0, 0.05) is 18.0 Å². The number of hydrazine groups is 1. The minimum Gasteiger partial charge on any atom is -0.392 e. The highest BCUT2D eigenvalue weighted by Gasteiger charge is 2.55. The lowest BCUT2D eigenvalue weighted by Gasteiger charge is -2.55. The van der Waals surface area contributed by atoms with Gasteiger partial charge in [-0.15, -0.1) is 0 Å². The molecule has 5 fully saturated rings. The number of β-amino-alcohol motifs (C(OH)–C–C–N with tert-alkyl or cyclic N) is 1. The molecule has 10 heteroatoms. The quantitative estimate of drug-likeness (QED) is 0.567. The van der Waals surface area contributed by atoms with Crippen molar-refractivity contribution in [2.75, 3.05) is 6.54 Å². The van der Waals surface area contributed by atoms with Gasteiger partial charge in [0.2, 0.25) is 15.9 Å². The number of nitrogens with one attached hydrogen (secondary N) is 2. The lowest BCUT2D eigenvalue weighted by atomic mass is 9.49. The number of carbonyl (C=O) groups excluding carboxylic acids is 2. The molecule has 4 aliphatic carbocycles. The summed E-state index contributed by atoms with van der Waals surface area (Å²) in [6.45, 7) is -0.189. The van der Waals surface area contributed by atoms with Gasteiger partial charge in [-0.05, 0) is 80.5 Å². The molecular formula is C22H28ClN3O5S. The number of nitrogens with zero attached hydrogens (tertiary/aromatic N) is 1. The van der Waals surface area contributed by atoms with E-state index < -0.39 is 33.5 Å². The highest BCUT2D eigenvalue weighted by Crippen LogP contribution is 2.60. The number of rotatable bonds is 4. The SMILES string of the molecule is O=C(NNC(=O)C12CC3CC(CC(C3)C1)C2)C1CC(O)CN1S(=O)(=O)c1ccc(Cl)cc1. The Labute approximate surface area is 192 Å². The van der Waals surface area contributed by atoms with Crippen LogP contribution in [0, 0.1) is 23.2 Å². The van der Waals surface area contributed by atoms with E-state index in [-0.39, 0.29) is 23.8 Å². The predicted octanol–water partition coefficient (Wildman–Crippen LogP) is 1.83. The summed E-state index contributed by atoms with van der Waals surface area (Å²) in [7, 11) is -4.02. The molecule has 6 rings (SSSR count). The zero-order valence-electron chi connectivity index (χ0n) is 17.7. The van der Waals surface area contributed by atoms with E-state index in [1.165, 1.54) is 43.5 Å². The molecule has 1 aromatic rings. The van der Waals surface area contributed by atoms with E-state index in [1.807, 2.05) is 0 Å². The molecule has 174 valence electrons. The number of hydrogen-bond donors (Lipinski definition) is 3. The highest BCUT2D eigenvalue weighted by molar-refractivity contribution is 7.89. The van der Waals surface area contributed by atoms with Crippen LogP contribution in [0.4, 0.5) is 0 Å². The van der Waals surface area contributed by atoms with Crippen molar-refractivity contribution in [2.24, 2.45) is 23.2 Å². The maximum atomic E-state index is 13.1. The topological polar surface area (TPSA) is 116 Å². The van der Waals surface area contributed by atoms with Crippen LogP contribution in [-0.2, 0) is 19.6 Å². The molecule has 1 saturated heterocycles. The fourth-order valence-corrected chi connectivity index (χ4v) is 8.52. The van der Waals surface area contributed by atoms with Crippen molar-refractivity contribution < 1.29 is 23.1 Å². The van der Waals surface area contributed by atoms with Gasteiger partial charge in [0.25, 0.3) is 5.91 Å². The molecule has 5 aliphatic rings. The summed E-state index contributed by atoms with van der Waals surface area (Å²) in [5.41, 5.74) is 4.62. The lowest BCUT2D eigenvalue weighted by molar-refractivity contribution is -0.149. The first-order valence-corrected chi connectivity index (χ1v) is 13.0. The summed E-state index contributed by atoms with van der Waals surface area (Å²) in [6.07, 6.45) is 5.20. The largest absolute Gasteiger partial charge is 0.392 e. The van der Waals surface area contributed by atoms with Crippen LogP contribution in [0.25, 0.3) is 0 Å². The number of benzene rings is 1. The Kier molecular flexibility index (Phi) is 5.51. The molecule has 2 atom stereocenters. The summed E-state index contributed by atoms with van der Waals surface area (Å²) >= 11 is 5.85. The standard InChI is InChI=1S/C22H28ClN3O5S/c23-16-1-3-18(4-2-16)32(30,31)26-12-17(27)8-19(26)20(28)24-25-21(29)22-9-13-5-14(10-22)7-15(6-13)11-22/h1-4,13-15,17,19,27H,5-12H2,(H,24,28)(H,25,29). The number of aliphatic hydroxyl groups excluding tert-OH is 1. The molecular weight excluding hydrogens is 454 g/mol. The molecule has 1 aliphatic heterocycles. The van der Waals surface area contributed by atoms with Gasteiger partial charge >= 0.3 is 0 Å². The van der Waals surface area contributed by atoms with Crippen LogP contribution in [0.5, 0.6) is 0 Å². The van der Waals surface area contributed by atoms with E-state index in [2.05, 4.69) is 10.9 Å². The second-order valence-electron chi connectivity index (χ2n) is 10.1. The summed E-state index contributed by atoms with van der Waals surface area (Å²) in [6, 6.07) is 4.55. The number of carbonyl (C=O) groups is 2. The molecule has 0 radical (unpaired) electrons. The summed E-state index contributed by atoms with van der Waals surface area (Å²) in [5, 5.41) is 10.5. The first-order valence-electron chi connectivity index (χ1n) is 11.2. The second-order valence-corrected chi connectivity index (χ2v) is 12.4. The minimum atomic E-state index is -4.02. The van der Waals surface area contributed by atoms with Crippen LogP contribution in [0.2, 0.25) is 5.02 Å². The summed E-state index contributed by atoms with van der Waals surface area (Å²) in [4.78, 5) is 26.0. The highest BCUT2D eigenvalue weighted by atomic mass is 35.5. The fourth-order valence-electron chi connectivity index (χ4n) is 6.75. The third-order valence-corrected chi connectivity index (χ3v) is 9.92. The zero-order valence-corrected chi connectivity index (χ0v) is 19.2. The molecule has 0 aromatic heterocycles. The van der Waals surface area contributed by atoms with Crippen molar-refractivity contribution in [2.45, 2.75) is 62.0 Å². The minimum absolute atomic E-state index is 0.00796. The van der Waals surface area contributed by atoms with E-state index in [0.29, 0.717) is 22.8 Å². The van der Waals surface area contributed by atoms with Crippen LogP contribution >= 0.6 is 11.6 Å². The van der Waals surface area contributed by atoms with Crippen LogP contribution in [-0.4, -0.2) is 48.3 Å². The third-order valence-electron chi connectivity index (χ3n) is 7.78. The maximum absolute atomic E-state index is 13.1.